The molecular formula is C23H27N7OS. The average molecular weight is 450 g/mol. The molecule has 0 fully saturated rings. The largest absolute Gasteiger partial charge is 0.491 e. The number of nitrogen functional groups attached to an aromatic ring is 2. The van der Waals surface area contributed by atoms with E-state index in [1.807, 2.05) is 31.3 Å². The van der Waals surface area contributed by atoms with Crippen molar-refractivity contribution >= 4 is 29.2 Å². The lowest BCUT2D eigenvalue weighted by Crippen LogP contribution is -2.28. The second kappa shape index (κ2) is 8.48. The lowest BCUT2D eigenvalue weighted by molar-refractivity contribution is 0.331. The van der Waals surface area contributed by atoms with Gasteiger partial charge in [-0.2, -0.15) is 4.98 Å². The Hall–Kier alpha value is -3.04. The minimum atomic E-state index is -0.0662. The van der Waals surface area contributed by atoms with Gasteiger partial charge in [0.05, 0.1) is 23.3 Å². The monoisotopic (exact) mass is 449 g/mol. The summed E-state index contributed by atoms with van der Waals surface area (Å²) in [6, 6.07) is 8.16. The number of ether oxygens (including phenoxy) is 1. The normalized spacial score (nSPS) is 16.1. The standard InChI is InChI=1S/C23H27N7OS/c1-13(24)32-22-18(25)10-15(11-27-22)14-5-6-20-16(9-14)12-30(7-8-31-20)21-17-3-2-4-19(17)28-23(26)29-21/h5-6,9-11,13H,2-4,7-8,12,24-25H2,1H3,(H2,26,28,29). The summed E-state index contributed by atoms with van der Waals surface area (Å²) in [4.78, 5) is 15.8. The van der Waals surface area contributed by atoms with Gasteiger partial charge < -0.3 is 26.8 Å². The number of nitrogens with two attached hydrogens (primary N) is 3. The summed E-state index contributed by atoms with van der Waals surface area (Å²) in [6.07, 6.45) is 4.89. The molecule has 1 aromatic carbocycles. The van der Waals surface area contributed by atoms with Crippen molar-refractivity contribution < 1.29 is 4.74 Å². The minimum absolute atomic E-state index is 0.0662. The highest BCUT2D eigenvalue weighted by molar-refractivity contribution is 7.99. The molecule has 0 saturated heterocycles. The van der Waals surface area contributed by atoms with Crippen molar-refractivity contribution in [1.82, 2.24) is 15.0 Å². The van der Waals surface area contributed by atoms with E-state index in [1.165, 1.54) is 17.3 Å². The van der Waals surface area contributed by atoms with Crippen molar-refractivity contribution in [3.05, 3.63) is 47.3 Å². The highest BCUT2D eigenvalue weighted by Crippen LogP contribution is 2.35. The SMILES string of the molecule is CC(N)Sc1ncc(-c2ccc3c(c2)CN(c2nc(N)nc4c2CCC4)CCO3)cc1N. The van der Waals surface area contributed by atoms with Crippen molar-refractivity contribution in [3.8, 4) is 16.9 Å². The molecule has 1 aliphatic carbocycles. The summed E-state index contributed by atoms with van der Waals surface area (Å²) in [5.74, 6) is 2.17. The molecule has 5 rings (SSSR count). The fourth-order valence-corrected chi connectivity index (χ4v) is 5.01. The molecule has 8 nitrogen and oxygen atoms in total. The lowest BCUT2D eigenvalue weighted by Gasteiger charge is -2.23. The Morgan fingerprint density at radius 3 is 2.81 bits per heavy atom. The van der Waals surface area contributed by atoms with E-state index in [0.29, 0.717) is 24.8 Å². The van der Waals surface area contributed by atoms with E-state index in [-0.39, 0.29) is 5.37 Å². The van der Waals surface area contributed by atoms with Crippen molar-refractivity contribution in [3.63, 3.8) is 0 Å². The Bertz CT molecular complexity index is 1170. The highest BCUT2D eigenvalue weighted by Gasteiger charge is 2.25. The first-order valence-electron chi connectivity index (χ1n) is 10.8. The number of nitrogens with zero attached hydrogens (tertiary/aromatic N) is 4. The number of anilines is 3. The van der Waals surface area contributed by atoms with Crippen LogP contribution in [0.5, 0.6) is 5.75 Å². The van der Waals surface area contributed by atoms with E-state index in [4.69, 9.17) is 21.9 Å². The van der Waals surface area contributed by atoms with Gasteiger partial charge in [0.25, 0.3) is 0 Å². The summed E-state index contributed by atoms with van der Waals surface area (Å²) in [5.41, 5.74) is 24.2. The molecular weight excluding hydrogens is 422 g/mol. The Morgan fingerprint density at radius 1 is 1.12 bits per heavy atom. The van der Waals surface area contributed by atoms with Crippen molar-refractivity contribution in [1.29, 1.82) is 0 Å². The number of pyridine rings is 1. The van der Waals surface area contributed by atoms with Gasteiger partial charge in [0.15, 0.2) is 0 Å². The van der Waals surface area contributed by atoms with Gasteiger partial charge in [0.1, 0.15) is 23.2 Å². The maximum Gasteiger partial charge on any atom is 0.222 e. The molecule has 2 aromatic heterocycles. The van der Waals surface area contributed by atoms with E-state index in [9.17, 15) is 0 Å². The van der Waals surface area contributed by atoms with Gasteiger partial charge in [-0.15, -0.1) is 0 Å². The number of hydrogen-bond donors (Lipinski definition) is 3. The van der Waals surface area contributed by atoms with Gasteiger partial charge in [0, 0.05) is 29.4 Å². The summed E-state index contributed by atoms with van der Waals surface area (Å²) < 4.78 is 6.05. The fourth-order valence-electron chi connectivity index (χ4n) is 4.35. The summed E-state index contributed by atoms with van der Waals surface area (Å²) in [7, 11) is 0. The summed E-state index contributed by atoms with van der Waals surface area (Å²) in [5, 5.41) is 0.687. The zero-order chi connectivity index (χ0) is 22.2. The molecule has 32 heavy (non-hydrogen) atoms. The second-order valence-corrected chi connectivity index (χ2v) is 9.58. The quantitative estimate of drug-likeness (QED) is 0.406. The molecule has 0 bridgehead atoms. The number of thioether (sulfide) groups is 1. The van der Waals surface area contributed by atoms with Crippen molar-refractivity contribution in [2.75, 3.05) is 29.5 Å². The molecule has 0 spiro atoms. The predicted octanol–water partition coefficient (Wildman–Crippen LogP) is 2.99. The fraction of sp³-hybridized carbons (Fsp3) is 0.348. The molecule has 3 heterocycles. The molecule has 2 aliphatic rings. The highest BCUT2D eigenvalue weighted by atomic mass is 32.2. The zero-order valence-corrected chi connectivity index (χ0v) is 18.9. The molecule has 1 atom stereocenters. The third kappa shape index (κ3) is 4.05. The van der Waals surface area contributed by atoms with Gasteiger partial charge >= 0.3 is 0 Å². The molecule has 166 valence electrons. The van der Waals surface area contributed by atoms with Gasteiger partial charge in [-0.1, -0.05) is 17.8 Å². The molecule has 9 heteroatoms. The van der Waals surface area contributed by atoms with Crippen molar-refractivity contribution in [2.45, 2.75) is 43.1 Å². The number of benzene rings is 1. The number of fused-ring (bicyclic) bond motifs is 2. The number of aromatic nitrogens is 3. The van der Waals surface area contributed by atoms with E-state index >= 15 is 0 Å². The Kier molecular flexibility index (Phi) is 5.52. The minimum Gasteiger partial charge on any atom is -0.491 e. The van der Waals surface area contributed by atoms with Crippen LogP contribution < -0.4 is 26.8 Å². The summed E-state index contributed by atoms with van der Waals surface area (Å²) >= 11 is 1.46. The van der Waals surface area contributed by atoms with E-state index < -0.39 is 0 Å². The number of aryl methyl sites for hydroxylation is 1. The van der Waals surface area contributed by atoms with Crippen LogP contribution in [0.2, 0.25) is 0 Å². The topological polar surface area (TPSA) is 129 Å². The third-order valence-corrected chi connectivity index (χ3v) is 6.71. The third-order valence-electron chi connectivity index (χ3n) is 5.78. The van der Waals surface area contributed by atoms with Gasteiger partial charge in [0.2, 0.25) is 5.95 Å². The molecule has 1 unspecified atom stereocenters. The molecule has 1 aliphatic heterocycles. The van der Waals surface area contributed by atoms with Crippen LogP contribution in [0.4, 0.5) is 17.5 Å². The van der Waals surface area contributed by atoms with Crippen LogP contribution in [0.25, 0.3) is 11.1 Å². The van der Waals surface area contributed by atoms with Crippen LogP contribution in [0.1, 0.15) is 30.2 Å². The first-order valence-corrected chi connectivity index (χ1v) is 11.7. The first kappa shape index (κ1) is 20.8. The smallest absolute Gasteiger partial charge is 0.222 e. The van der Waals surface area contributed by atoms with Crippen LogP contribution in [0.3, 0.4) is 0 Å². The predicted molar refractivity (Wildman–Crippen MR) is 129 cm³/mol. The molecule has 0 saturated carbocycles. The Labute approximate surface area is 191 Å². The van der Waals surface area contributed by atoms with Crippen LogP contribution in [0.15, 0.2) is 35.5 Å². The summed E-state index contributed by atoms with van der Waals surface area (Å²) in [6.45, 7) is 3.93. The first-order chi connectivity index (χ1) is 15.5. The molecule has 6 N–H and O–H groups in total. The zero-order valence-electron chi connectivity index (χ0n) is 18.0. The Balaban J connectivity index is 1.47. The molecule has 0 amide bonds. The van der Waals surface area contributed by atoms with Gasteiger partial charge in [-0.05, 0) is 49.9 Å². The van der Waals surface area contributed by atoms with Gasteiger partial charge in [-0.3, -0.25) is 0 Å². The van der Waals surface area contributed by atoms with Crippen LogP contribution in [-0.4, -0.2) is 33.5 Å². The lowest BCUT2D eigenvalue weighted by atomic mass is 10.0. The number of hydrogen-bond acceptors (Lipinski definition) is 9. The molecule has 0 radical (unpaired) electrons. The van der Waals surface area contributed by atoms with Crippen LogP contribution >= 0.6 is 11.8 Å². The van der Waals surface area contributed by atoms with Crippen molar-refractivity contribution in [2.24, 2.45) is 5.73 Å². The van der Waals surface area contributed by atoms with Crippen LogP contribution in [-0.2, 0) is 19.4 Å². The second-order valence-electron chi connectivity index (χ2n) is 8.22. The Morgan fingerprint density at radius 2 is 2.00 bits per heavy atom. The van der Waals surface area contributed by atoms with Crippen LogP contribution in [0, 0.1) is 0 Å². The average Bonchev–Trinajstić information content (AvgIpc) is 3.12. The van der Waals surface area contributed by atoms with E-state index in [1.54, 1.807) is 0 Å². The maximum atomic E-state index is 6.24. The number of rotatable bonds is 4. The maximum absolute atomic E-state index is 6.24. The molecule has 3 aromatic rings. The van der Waals surface area contributed by atoms with E-state index in [0.717, 1.165) is 64.8 Å². The van der Waals surface area contributed by atoms with Gasteiger partial charge in [-0.25, -0.2) is 9.97 Å². The van der Waals surface area contributed by atoms with E-state index in [2.05, 4.69) is 25.9 Å².